The maximum atomic E-state index is 11.9. The van der Waals surface area contributed by atoms with Crippen LogP contribution in [0.5, 0.6) is 0 Å². The minimum absolute atomic E-state index is 0. The van der Waals surface area contributed by atoms with Gasteiger partial charge in [0.15, 0.2) is 5.78 Å². The number of hydrogen-bond acceptors (Lipinski definition) is 1. The summed E-state index contributed by atoms with van der Waals surface area (Å²) in [5.74, 6) is 0.0584. The molecule has 2 aromatic rings. The van der Waals surface area contributed by atoms with Gasteiger partial charge < -0.3 is 0 Å². The van der Waals surface area contributed by atoms with Crippen LogP contribution in [0.4, 0.5) is 0 Å². The van der Waals surface area contributed by atoms with Crippen molar-refractivity contribution < 1.29 is 36.1 Å². The first kappa shape index (κ1) is 25.3. The first-order valence-corrected chi connectivity index (χ1v) is 6.03. The minimum Gasteiger partial charge on any atom is 0 e. The molecular formula is C16H9BrCrO4. The summed E-state index contributed by atoms with van der Waals surface area (Å²) in [6.07, 6.45) is 0. The van der Waals surface area contributed by atoms with Crippen LogP contribution in [0.15, 0.2) is 59.1 Å². The predicted molar refractivity (Wildman–Crippen MR) is 75.8 cm³/mol. The number of ketones is 1. The fourth-order valence-electron chi connectivity index (χ4n) is 1.36. The van der Waals surface area contributed by atoms with Gasteiger partial charge in [-0.05, 0) is 24.3 Å². The smallest absolute Gasteiger partial charge is 0 e. The number of rotatable bonds is 2. The molecule has 0 aliphatic rings. The molecule has 0 aromatic heterocycles. The van der Waals surface area contributed by atoms with Crippen molar-refractivity contribution >= 4 is 21.7 Å². The van der Waals surface area contributed by atoms with Gasteiger partial charge in [0.05, 0.1) is 0 Å². The van der Waals surface area contributed by atoms with Crippen molar-refractivity contribution in [1.82, 2.24) is 0 Å². The Morgan fingerprint density at radius 1 is 0.727 bits per heavy atom. The van der Waals surface area contributed by atoms with Gasteiger partial charge in [-0.2, -0.15) is 0 Å². The van der Waals surface area contributed by atoms with Crippen LogP contribution in [0.3, 0.4) is 0 Å². The molecule has 0 saturated heterocycles. The fraction of sp³-hybridized carbons (Fsp3) is 0. The van der Waals surface area contributed by atoms with E-state index in [1.807, 2.05) is 54.6 Å². The Balaban J connectivity index is -0.000000463. The zero-order valence-electron chi connectivity index (χ0n) is 11.1. The van der Waals surface area contributed by atoms with Crippen LogP contribution in [0, 0.1) is 20.0 Å². The van der Waals surface area contributed by atoms with Crippen molar-refractivity contribution in [3.63, 3.8) is 0 Å². The molecule has 0 N–H and O–H groups in total. The van der Waals surface area contributed by atoms with Crippen molar-refractivity contribution in [2.75, 3.05) is 0 Å². The Kier molecular flexibility index (Phi) is 20.0. The van der Waals surface area contributed by atoms with Crippen LogP contribution in [0.2, 0.25) is 0 Å². The van der Waals surface area contributed by atoms with E-state index in [1.54, 1.807) is 0 Å². The Bertz CT molecular complexity index is 575. The molecule has 0 heterocycles. The Morgan fingerprint density at radius 3 is 1.50 bits per heavy atom. The quantitative estimate of drug-likeness (QED) is 0.434. The van der Waals surface area contributed by atoms with Gasteiger partial charge in [0, 0.05) is 33.0 Å². The molecule has 0 unspecified atom stereocenters. The third-order valence-corrected chi connectivity index (χ3v) is 2.67. The summed E-state index contributed by atoms with van der Waals surface area (Å²) in [7, 11) is 0. The molecule has 0 atom stereocenters. The van der Waals surface area contributed by atoms with E-state index in [0.29, 0.717) is 5.56 Å². The molecule has 0 spiro atoms. The van der Waals surface area contributed by atoms with E-state index in [4.69, 9.17) is 14.0 Å². The van der Waals surface area contributed by atoms with E-state index in [9.17, 15) is 4.79 Å². The van der Waals surface area contributed by atoms with Crippen LogP contribution in [0.1, 0.15) is 15.9 Å². The number of hydrogen-bond donors (Lipinski definition) is 0. The summed E-state index contributed by atoms with van der Waals surface area (Å²) in [4.78, 5) is 11.9. The zero-order valence-corrected chi connectivity index (χ0v) is 14.0. The normalized spacial score (nSPS) is 7.05. The van der Waals surface area contributed by atoms with E-state index in [-0.39, 0.29) is 23.1 Å². The number of carbonyl (C=O) groups is 1. The van der Waals surface area contributed by atoms with E-state index >= 15 is 0 Å². The fourth-order valence-corrected chi connectivity index (χ4v) is 1.62. The second-order valence-electron chi connectivity index (χ2n) is 3.20. The molecule has 6 heteroatoms. The second kappa shape index (κ2) is 17.4. The summed E-state index contributed by atoms with van der Waals surface area (Å²) in [6, 6.07) is 16.7. The van der Waals surface area contributed by atoms with Crippen LogP contribution < -0.4 is 0 Å². The maximum absolute atomic E-state index is 11.9. The molecule has 2 rings (SSSR count). The van der Waals surface area contributed by atoms with Crippen LogP contribution in [-0.2, 0) is 31.3 Å². The van der Waals surface area contributed by atoms with Crippen LogP contribution in [-0.4, -0.2) is 5.78 Å². The minimum atomic E-state index is 0. The van der Waals surface area contributed by atoms with Gasteiger partial charge >= 0.3 is 33.9 Å². The van der Waals surface area contributed by atoms with Crippen molar-refractivity contribution in [3.8, 4) is 0 Å². The van der Waals surface area contributed by atoms with Gasteiger partial charge in [-0.25, -0.2) is 0 Å². The van der Waals surface area contributed by atoms with E-state index < -0.39 is 0 Å². The molecule has 2 aromatic carbocycles. The number of benzene rings is 2. The average Bonchev–Trinajstić information content (AvgIpc) is 2.61. The van der Waals surface area contributed by atoms with E-state index in [1.165, 1.54) is 0 Å². The molecule has 0 bridgehead atoms. The predicted octanol–water partition coefficient (Wildman–Crippen LogP) is 3.57. The molecule has 0 amide bonds. The molecule has 0 aliphatic heterocycles. The first-order valence-electron chi connectivity index (χ1n) is 5.24. The zero-order chi connectivity index (χ0) is 16.7. The largest absolute Gasteiger partial charge is 0 e. The van der Waals surface area contributed by atoms with Crippen molar-refractivity contribution in [1.29, 1.82) is 0 Å². The Hall–Kier alpha value is -1.66. The van der Waals surface area contributed by atoms with Gasteiger partial charge in [0.2, 0.25) is 0 Å². The molecule has 110 valence electrons. The molecule has 0 aliphatic carbocycles. The van der Waals surface area contributed by atoms with E-state index in [2.05, 4.69) is 35.9 Å². The van der Waals surface area contributed by atoms with Crippen molar-refractivity contribution in [3.05, 3.63) is 90.1 Å². The van der Waals surface area contributed by atoms with Gasteiger partial charge in [0.25, 0.3) is 0 Å². The van der Waals surface area contributed by atoms with Crippen LogP contribution >= 0.6 is 15.9 Å². The summed E-state index contributed by atoms with van der Waals surface area (Å²) < 4.78 is 23.5. The standard InChI is InChI=1S/C13H9BrO.3CO.Cr/c14-12-8-6-11(7-9-12)13(15)10-4-2-1-3-5-10;3*1-2;/h1-9H;;;;. The Labute approximate surface area is 148 Å². The van der Waals surface area contributed by atoms with Crippen molar-refractivity contribution in [2.45, 2.75) is 0 Å². The summed E-state index contributed by atoms with van der Waals surface area (Å²) >= 11 is 3.34. The maximum Gasteiger partial charge on any atom is 0 e. The molecule has 22 heavy (non-hydrogen) atoms. The Morgan fingerprint density at radius 2 is 1.09 bits per heavy atom. The summed E-state index contributed by atoms with van der Waals surface area (Å²) in [5, 5.41) is 0. The number of halogens is 1. The van der Waals surface area contributed by atoms with Gasteiger partial charge in [-0.1, -0.05) is 46.3 Å². The van der Waals surface area contributed by atoms with Gasteiger partial charge in [-0.15, -0.1) is 0 Å². The first-order chi connectivity index (χ1) is 10.3. The monoisotopic (exact) mass is 396 g/mol. The van der Waals surface area contributed by atoms with Crippen LogP contribution in [0.25, 0.3) is 0 Å². The van der Waals surface area contributed by atoms with Gasteiger partial charge in [-0.3, -0.25) is 4.79 Å². The topological polar surface area (TPSA) is 76.8 Å². The van der Waals surface area contributed by atoms with E-state index in [0.717, 1.165) is 10.0 Å². The number of carbonyl (C=O) groups excluding carboxylic acids is 1. The van der Waals surface area contributed by atoms with Crippen molar-refractivity contribution in [2.24, 2.45) is 0 Å². The molecule has 4 nitrogen and oxygen atoms in total. The third kappa shape index (κ3) is 9.31. The molecule has 0 radical (unpaired) electrons. The third-order valence-electron chi connectivity index (χ3n) is 2.14. The molecule has 0 saturated carbocycles. The average molecular weight is 397 g/mol. The SMILES string of the molecule is O=C(c1ccccc1)c1ccc(Br)cc1.[C-]#[O+].[C-]#[O+].[C-]#[O+].[Cr]. The summed E-state index contributed by atoms with van der Waals surface area (Å²) in [5.41, 5.74) is 1.43. The molecular weight excluding hydrogens is 388 g/mol. The summed E-state index contributed by atoms with van der Waals surface area (Å²) in [6.45, 7) is 13.5. The molecule has 0 fully saturated rings. The second-order valence-corrected chi connectivity index (χ2v) is 4.12. The van der Waals surface area contributed by atoms with Gasteiger partial charge in [0.1, 0.15) is 0 Å².